The number of anilines is 1. The molecule has 0 atom stereocenters. The van der Waals surface area contributed by atoms with E-state index < -0.39 is 0 Å². The van der Waals surface area contributed by atoms with Crippen LogP contribution in [0.25, 0.3) is 0 Å². The lowest BCUT2D eigenvalue weighted by atomic mass is 10.1. The molecule has 1 aromatic heterocycles. The van der Waals surface area contributed by atoms with Crippen LogP contribution in [0.2, 0.25) is 0 Å². The Bertz CT molecular complexity index is 939. The van der Waals surface area contributed by atoms with E-state index in [9.17, 15) is 9.59 Å². The molecule has 2 aromatic carbocycles. The second-order valence-electron chi connectivity index (χ2n) is 6.63. The highest BCUT2D eigenvalue weighted by atomic mass is 32.1. The fraction of sp³-hybridized carbons (Fsp3) is 0.273. The van der Waals surface area contributed by atoms with Gasteiger partial charge in [-0.2, -0.15) is 0 Å². The molecule has 29 heavy (non-hydrogen) atoms. The number of hydrogen-bond donors (Lipinski definition) is 2. The van der Waals surface area contributed by atoms with E-state index in [0.29, 0.717) is 22.8 Å². The van der Waals surface area contributed by atoms with Crippen molar-refractivity contribution in [2.24, 2.45) is 0 Å². The van der Waals surface area contributed by atoms with Gasteiger partial charge in [0, 0.05) is 24.2 Å². The molecule has 150 valence electrons. The van der Waals surface area contributed by atoms with Gasteiger partial charge in [0.2, 0.25) is 5.01 Å². The van der Waals surface area contributed by atoms with Crippen molar-refractivity contribution in [1.82, 2.24) is 15.5 Å². The van der Waals surface area contributed by atoms with Gasteiger partial charge < -0.3 is 10.6 Å². The first-order valence-electron chi connectivity index (χ1n) is 9.71. The van der Waals surface area contributed by atoms with E-state index in [1.54, 1.807) is 24.3 Å². The maximum absolute atomic E-state index is 12.3. The Hall–Kier alpha value is -3.06. The number of rotatable bonds is 9. The van der Waals surface area contributed by atoms with E-state index in [2.05, 4.69) is 39.9 Å². The average molecular weight is 409 g/mol. The van der Waals surface area contributed by atoms with Gasteiger partial charge in [0.1, 0.15) is 5.01 Å². The zero-order valence-corrected chi connectivity index (χ0v) is 17.2. The third-order valence-corrected chi connectivity index (χ3v) is 5.28. The first kappa shape index (κ1) is 20.7. The van der Waals surface area contributed by atoms with Gasteiger partial charge in [0.15, 0.2) is 0 Å². The van der Waals surface area contributed by atoms with Gasteiger partial charge in [-0.05, 0) is 49.1 Å². The fourth-order valence-electron chi connectivity index (χ4n) is 2.79. The van der Waals surface area contributed by atoms with Gasteiger partial charge in [-0.3, -0.25) is 9.59 Å². The van der Waals surface area contributed by atoms with Gasteiger partial charge in [-0.15, -0.1) is 10.2 Å². The number of nitrogens with zero attached hydrogens (tertiary/aromatic N) is 2. The van der Waals surface area contributed by atoms with Crippen molar-refractivity contribution >= 4 is 28.8 Å². The number of aryl methyl sites for hydroxylation is 2. The van der Waals surface area contributed by atoms with Crippen molar-refractivity contribution in [2.45, 2.75) is 32.6 Å². The van der Waals surface area contributed by atoms with Crippen LogP contribution in [0.3, 0.4) is 0 Å². The molecule has 0 radical (unpaired) electrons. The largest absolute Gasteiger partial charge is 0.352 e. The van der Waals surface area contributed by atoms with Crippen LogP contribution in [-0.4, -0.2) is 28.6 Å². The smallest absolute Gasteiger partial charge is 0.286 e. The second-order valence-corrected chi connectivity index (χ2v) is 7.69. The monoisotopic (exact) mass is 408 g/mol. The summed E-state index contributed by atoms with van der Waals surface area (Å²) in [6, 6.07) is 17.0. The van der Waals surface area contributed by atoms with Crippen LogP contribution in [0.1, 0.15) is 50.5 Å². The highest BCUT2D eigenvalue weighted by Gasteiger charge is 2.13. The molecule has 3 rings (SSSR count). The highest BCUT2D eigenvalue weighted by molar-refractivity contribution is 7.13. The Morgan fingerprint density at radius 1 is 0.931 bits per heavy atom. The van der Waals surface area contributed by atoms with Crippen LogP contribution in [0.5, 0.6) is 0 Å². The number of benzene rings is 2. The molecular formula is C22H24N4O2S. The molecule has 7 heteroatoms. The molecule has 2 amide bonds. The molecule has 1 heterocycles. The van der Waals surface area contributed by atoms with Crippen LogP contribution < -0.4 is 10.6 Å². The summed E-state index contributed by atoms with van der Waals surface area (Å²) in [5.74, 6) is -0.410. The van der Waals surface area contributed by atoms with Crippen LogP contribution in [0, 0.1) is 0 Å². The maximum Gasteiger partial charge on any atom is 0.286 e. The first-order valence-corrected chi connectivity index (χ1v) is 10.5. The van der Waals surface area contributed by atoms with Crippen molar-refractivity contribution in [1.29, 1.82) is 0 Å². The summed E-state index contributed by atoms with van der Waals surface area (Å²) in [6.45, 7) is 2.67. The minimum atomic E-state index is -0.289. The molecule has 6 nitrogen and oxygen atoms in total. The Morgan fingerprint density at radius 2 is 1.69 bits per heavy atom. The standard InChI is InChI=1S/C22H24N4O2S/c1-2-7-19-25-26-22(29-19)21(28)24-18-13-11-17(12-14-18)20(27)23-15-6-10-16-8-4-3-5-9-16/h3-5,8-9,11-14H,2,6-7,10,15H2,1H3,(H,23,27)(H,24,28). The lowest BCUT2D eigenvalue weighted by Crippen LogP contribution is -2.24. The van der Waals surface area contributed by atoms with E-state index in [1.807, 2.05) is 18.2 Å². The fourth-order valence-corrected chi connectivity index (χ4v) is 3.63. The number of aromatic nitrogens is 2. The minimum absolute atomic E-state index is 0.121. The summed E-state index contributed by atoms with van der Waals surface area (Å²) < 4.78 is 0. The third-order valence-electron chi connectivity index (χ3n) is 4.30. The van der Waals surface area contributed by atoms with Crippen LogP contribution in [-0.2, 0) is 12.8 Å². The van der Waals surface area contributed by atoms with Gasteiger partial charge in [0.05, 0.1) is 0 Å². The van der Waals surface area contributed by atoms with Crippen LogP contribution in [0.15, 0.2) is 54.6 Å². The Kier molecular flexibility index (Phi) is 7.47. The summed E-state index contributed by atoms with van der Waals surface area (Å²) >= 11 is 1.30. The van der Waals surface area contributed by atoms with Gasteiger partial charge in [-0.1, -0.05) is 48.6 Å². The predicted molar refractivity (Wildman–Crippen MR) is 115 cm³/mol. The first-order chi connectivity index (χ1) is 14.2. The van der Waals surface area contributed by atoms with E-state index in [-0.39, 0.29) is 11.8 Å². The van der Waals surface area contributed by atoms with Crippen LogP contribution >= 0.6 is 11.3 Å². The number of carbonyl (C=O) groups excluding carboxylic acids is 2. The van der Waals surface area contributed by atoms with E-state index in [4.69, 9.17) is 0 Å². The lowest BCUT2D eigenvalue weighted by Gasteiger charge is -2.07. The summed E-state index contributed by atoms with van der Waals surface area (Å²) in [5, 5.41) is 14.9. The van der Waals surface area contributed by atoms with Gasteiger partial charge in [-0.25, -0.2) is 0 Å². The molecule has 0 saturated heterocycles. The van der Waals surface area contributed by atoms with Crippen molar-refractivity contribution in [3.05, 3.63) is 75.7 Å². The molecule has 0 aliphatic carbocycles. The number of nitrogens with one attached hydrogen (secondary N) is 2. The highest BCUT2D eigenvalue weighted by Crippen LogP contribution is 2.15. The molecule has 0 fully saturated rings. The molecule has 0 saturated carbocycles. The van der Waals surface area contributed by atoms with Gasteiger partial charge >= 0.3 is 0 Å². The Morgan fingerprint density at radius 3 is 2.41 bits per heavy atom. The zero-order chi connectivity index (χ0) is 20.5. The second kappa shape index (κ2) is 10.5. The van der Waals surface area contributed by atoms with Crippen molar-refractivity contribution in [3.63, 3.8) is 0 Å². The molecule has 0 unspecified atom stereocenters. The van der Waals surface area contributed by atoms with Crippen molar-refractivity contribution in [3.8, 4) is 0 Å². The summed E-state index contributed by atoms with van der Waals surface area (Å²) in [4.78, 5) is 24.5. The Labute approximate surface area is 174 Å². The summed E-state index contributed by atoms with van der Waals surface area (Å²) in [5.41, 5.74) is 2.44. The average Bonchev–Trinajstić information content (AvgIpc) is 3.21. The molecule has 2 N–H and O–H groups in total. The van der Waals surface area contributed by atoms with E-state index in [1.165, 1.54) is 16.9 Å². The molecule has 0 aliphatic rings. The molecule has 0 bridgehead atoms. The SMILES string of the molecule is CCCc1nnc(C(=O)Nc2ccc(C(=O)NCCCc3ccccc3)cc2)s1. The maximum atomic E-state index is 12.3. The lowest BCUT2D eigenvalue weighted by molar-refractivity contribution is 0.0952. The van der Waals surface area contributed by atoms with Crippen molar-refractivity contribution in [2.75, 3.05) is 11.9 Å². The summed E-state index contributed by atoms with van der Waals surface area (Å²) in [7, 11) is 0. The Balaban J connectivity index is 1.46. The van der Waals surface area contributed by atoms with Gasteiger partial charge in [0.25, 0.3) is 11.8 Å². The van der Waals surface area contributed by atoms with Crippen molar-refractivity contribution < 1.29 is 9.59 Å². The number of carbonyl (C=O) groups is 2. The van der Waals surface area contributed by atoms with E-state index in [0.717, 1.165) is 30.7 Å². The predicted octanol–water partition coefficient (Wildman–Crippen LogP) is 4.11. The molecule has 3 aromatic rings. The molecule has 0 aliphatic heterocycles. The zero-order valence-electron chi connectivity index (χ0n) is 16.4. The third kappa shape index (κ3) is 6.22. The topological polar surface area (TPSA) is 84.0 Å². The van der Waals surface area contributed by atoms with Crippen LogP contribution in [0.4, 0.5) is 5.69 Å². The number of hydrogen-bond acceptors (Lipinski definition) is 5. The minimum Gasteiger partial charge on any atom is -0.352 e. The summed E-state index contributed by atoms with van der Waals surface area (Å²) in [6.07, 6.45) is 3.59. The number of amides is 2. The molecular weight excluding hydrogens is 384 g/mol. The quantitative estimate of drug-likeness (QED) is 0.522. The van der Waals surface area contributed by atoms with E-state index >= 15 is 0 Å². The normalized spacial score (nSPS) is 10.5. The molecule has 0 spiro atoms.